The molecule has 82 valence electrons. The lowest BCUT2D eigenvalue weighted by atomic mass is 10.0. The van der Waals surface area contributed by atoms with E-state index in [4.69, 9.17) is 10.5 Å². The summed E-state index contributed by atoms with van der Waals surface area (Å²) in [7, 11) is 1.55. The molecule has 2 rings (SSSR count). The summed E-state index contributed by atoms with van der Waals surface area (Å²) < 4.78 is 5.05. The quantitative estimate of drug-likeness (QED) is 0.795. The summed E-state index contributed by atoms with van der Waals surface area (Å²) in [6.45, 7) is 0. The van der Waals surface area contributed by atoms with Crippen molar-refractivity contribution in [3.8, 4) is 11.5 Å². The van der Waals surface area contributed by atoms with E-state index in [0.29, 0.717) is 5.75 Å². The summed E-state index contributed by atoms with van der Waals surface area (Å²) in [6.07, 6.45) is 3.51. The Labute approximate surface area is 89.9 Å². The van der Waals surface area contributed by atoms with Crippen LogP contribution in [0.3, 0.4) is 0 Å². The van der Waals surface area contributed by atoms with E-state index in [0.717, 1.165) is 17.9 Å². The van der Waals surface area contributed by atoms with Crippen molar-refractivity contribution in [2.24, 2.45) is 11.7 Å². The van der Waals surface area contributed by atoms with E-state index in [1.807, 2.05) is 12.1 Å². The predicted molar refractivity (Wildman–Crippen MR) is 58.9 cm³/mol. The molecule has 1 aliphatic rings. The summed E-state index contributed by atoms with van der Waals surface area (Å²) in [4.78, 5) is 0. The van der Waals surface area contributed by atoms with Crippen molar-refractivity contribution < 1.29 is 9.84 Å². The second-order valence-corrected chi connectivity index (χ2v) is 4.18. The third-order valence-electron chi connectivity index (χ3n) is 2.93. The third kappa shape index (κ3) is 2.23. The zero-order chi connectivity index (χ0) is 10.8. The van der Waals surface area contributed by atoms with Crippen molar-refractivity contribution in [3.05, 3.63) is 23.8 Å². The molecule has 0 aromatic heterocycles. The van der Waals surface area contributed by atoms with Gasteiger partial charge in [0, 0.05) is 11.6 Å². The number of hydrogen-bond acceptors (Lipinski definition) is 3. The first-order valence-electron chi connectivity index (χ1n) is 5.33. The molecule has 0 radical (unpaired) electrons. The molecule has 3 N–H and O–H groups in total. The van der Waals surface area contributed by atoms with Crippen molar-refractivity contribution in [3.63, 3.8) is 0 Å². The number of methoxy groups -OCH3 is 1. The Bertz CT molecular complexity index is 347. The molecular formula is C12H17NO2. The predicted octanol–water partition coefficient (Wildman–Crippen LogP) is 2.20. The molecule has 0 unspecified atom stereocenters. The lowest BCUT2D eigenvalue weighted by Crippen LogP contribution is -2.11. The number of phenols is 1. The highest BCUT2D eigenvalue weighted by Crippen LogP contribution is 2.40. The van der Waals surface area contributed by atoms with Crippen LogP contribution in [-0.4, -0.2) is 12.2 Å². The number of aromatic hydroxyl groups is 1. The highest BCUT2D eigenvalue weighted by molar-refractivity contribution is 5.46. The molecule has 0 heterocycles. The SMILES string of the molecule is COc1cccc([C@H](N)CC2CC2)c1O. The summed E-state index contributed by atoms with van der Waals surface area (Å²) in [6, 6.07) is 5.39. The van der Waals surface area contributed by atoms with E-state index >= 15 is 0 Å². The Morgan fingerprint density at radius 3 is 2.87 bits per heavy atom. The van der Waals surface area contributed by atoms with Crippen LogP contribution >= 0.6 is 0 Å². The van der Waals surface area contributed by atoms with Gasteiger partial charge in [-0.2, -0.15) is 0 Å². The van der Waals surface area contributed by atoms with Gasteiger partial charge in [-0.25, -0.2) is 0 Å². The van der Waals surface area contributed by atoms with E-state index in [9.17, 15) is 5.11 Å². The van der Waals surface area contributed by atoms with Crippen LogP contribution in [0.2, 0.25) is 0 Å². The van der Waals surface area contributed by atoms with E-state index < -0.39 is 0 Å². The van der Waals surface area contributed by atoms with Gasteiger partial charge >= 0.3 is 0 Å². The van der Waals surface area contributed by atoms with E-state index in [1.54, 1.807) is 13.2 Å². The van der Waals surface area contributed by atoms with Gasteiger partial charge in [-0.1, -0.05) is 25.0 Å². The van der Waals surface area contributed by atoms with Crippen LogP contribution in [0.5, 0.6) is 11.5 Å². The lowest BCUT2D eigenvalue weighted by molar-refractivity contribution is 0.367. The van der Waals surface area contributed by atoms with Gasteiger partial charge in [-0.15, -0.1) is 0 Å². The first-order chi connectivity index (χ1) is 7.22. The van der Waals surface area contributed by atoms with Crippen LogP contribution < -0.4 is 10.5 Å². The van der Waals surface area contributed by atoms with Crippen molar-refractivity contribution in [1.82, 2.24) is 0 Å². The Kier molecular flexibility index (Phi) is 2.82. The summed E-state index contributed by atoms with van der Waals surface area (Å²) >= 11 is 0. The monoisotopic (exact) mass is 207 g/mol. The number of benzene rings is 1. The number of rotatable bonds is 4. The molecule has 3 heteroatoms. The fraction of sp³-hybridized carbons (Fsp3) is 0.500. The topological polar surface area (TPSA) is 55.5 Å². The number of ether oxygens (including phenoxy) is 1. The Hall–Kier alpha value is -1.22. The zero-order valence-electron chi connectivity index (χ0n) is 8.94. The van der Waals surface area contributed by atoms with Crippen molar-refractivity contribution in [2.75, 3.05) is 7.11 Å². The normalized spacial score (nSPS) is 17.5. The molecule has 0 spiro atoms. The maximum atomic E-state index is 9.89. The largest absolute Gasteiger partial charge is 0.504 e. The highest BCUT2D eigenvalue weighted by atomic mass is 16.5. The molecule has 0 saturated heterocycles. The maximum Gasteiger partial charge on any atom is 0.162 e. The molecule has 3 nitrogen and oxygen atoms in total. The van der Waals surface area contributed by atoms with Gasteiger partial charge in [0.1, 0.15) is 0 Å². The standard InChI is InChI=1S/C12H17NO2/c1-15-11-4-2-3-9(12(11)14)10(13)7-8-5-6-8/h2-4,8,10,14H,5-7,13H2,1H3/t10-/m1/s1. The molecule has 1 aromatic carbocycles. The first kappa shape index (κ1) is 10.3. The van der Waals surface area contributed by atoms with Crippen molar-refractivity contribution >= 4 is 0 Å². The lowest BCUT2D eigenvalue weighted by Gasteiger charge is -2.14. The van der Waals surface area contributed by atoms with Gasteiger partial charge in [0.25, 0.3) is 0 Å². The van der Waals surface area contributed by atoms with Crippen molar-refractivity contribution in [2.45, 2.75) is 25.3 Å². The number of phenolic OH excluding ortho intramolecular Hbond substituents is 1. The van der Waals surface area contributed by atoms with Crippen LogP contribution in [0.1, 0.15) is 30.9 Å². The Balaban J connectivity index is 2.17. The van der Waals surface area contributed by atoms with Crippen LogP contribution in [0.4, 0.5) is 0 Å². The molecule has 0 bridgehead atoms. The molecule has 1 saturated carbocycles. The third-order valence-corrected chi connectivity index (χ3v) is 2.93. The Morgan fingerprint density at radius 2 is 2.27 bits per heavy atom. The minimum absolute atomic E-state index is 0.0763. The zero-order valence-corrected chi connectivity index (χ0v) is 8.94. The summed E-state index contributed by atoms with van der Waals surface area (Å²) in [5, 5.41) is 9.89. The van der Waals surface area contributed by atoms with E-state index in [-0.39, 0.29) is 11.8 Å². The van der Waals surface area contributed by atoms with Gasteiger partial charge in [0.15, 0.2) is 11.5 Å². The minimum atomic E-state index is -0.0763. The fourth-order valence-electron chi connectivity index (χ4n) is 1.84. The van der Waals surface area contributed by atoms with E-state index in [1.165, 1.54) is 12.8 Å². The van der Waals surface area contributed by atoms with E-state index in [2.05, 4.69) is 0 Å². The van der Waals surface area contributed by atoms with Crippen LogP contribution in [0.25, 0.3) is 0 Å². The average Bonchev–Trinajstić information content (AvgIpc) is 3.02. The van der Waals surface area contributed by atoms with Gasteiger partial charge in [-0.3, -0.25) is 0 Å². The summed E-state index contributed by atoms with van der Waals surface area (Å²) in [5.41, 5.74) is 6.84. The minimum Gasteiger partial charge on any atom is -0.504 e. The first-order valence-corrected chi connectivity index (χ1v) is 5.33. The summed E-state index contributed by atoms with van der Waals surface area (Å²) in [5.74, 6) is 1.44. The second-order valence-electron chi connectivity index (χ2n) is 4.18. The molecule has 15 heavy (non-hydrogen) atoms. The highest BCUT2D eigenvalue weighted by Gasteiger charge is 2.26. The molecule has 0 amide bonds. The van der Waals surface area contributed by atoms with Crippen LogP contribution in [0.15, 0.2) is 18.2 Å². The van der Waals surface area contributed by atoms with Crippen molar-refractivity contribution in [1.29, 1.82) is 0 Å². The van der Waals surface area contributed by atoms with Gasteiger partial charge in [-0.05, 0) is 18.4 Å². The molecule has 0 aliphatic heterocycles. The van der Waals surface area contributed by atoms with Crippen LogP contribution in [-0.2, 0) is 0 Å². The second kappa shape index (κ2) is 4.11. The van der Waals surface area contributed by atoms with Gasteiger partial charge < -0.3 is 15.6 Å². The van der Waals surface area contributed by atoms with Gasteiger partial charge in [0.2, 0.25) is 0 Å². The molecule has 1 atom stereocenters. The van der Waals surface area contributed by atoms with Crippen LogP contribution in [0, 0.1) is 5.92 Å². The number of hydrogen-bond donors (Lipinski definition) is 2. The fourth-order valence-corrected chi connectivity index (χ4v) is 1.84. The number of nitrogens with two attached hydrogens (primary N) is 1. The average molecular weight is 207 g/mol. The molecule has 1 fully saturated rings. The molecule has 1 aromatic rings. The molecule has 1 aliphatic carbocycles. The number of para-hydroxylation sites is 1. The molecular weight excluding hydrogens is 190 g/mol. The van der Waals surface area contributed by atoms with Gasteiger partial charge in [0.05, 0.1) is 7.11 Å². The smallest absolute Gasteiger partial charge is 0.162 e. The maximum absolute atomic E-state index is 9.89. The Morgan fingerprint density at radius 1 is 1.53 bits per heavy atom.